The van der Waals surface area contributed by atoms with Crippen molar-refractivity contribution in [1.29, 1.82) is 0 Å². The second-order valence-electron chi connectivity index (χ2n) is 3.66. The van der Waals surface area contributed by atoms with Gasteiger partial charge in [0.25, 0.3) is 0 Å². The molecule has 0 spiro atoms. The van der Waals surface area contributed by atoms with Crippen LogP contribution >= 0.6 is 0 Å². The van der Waals surface area contributed by atoms with Crippen LogP contribution in [0.15, 0.2) is 42.5 Å². The maximum atomic E-state index is 13.6. The minimum atomic E-state index is -1.09. The van der Waals surface area contributed by atoms with Gasteiger partial charge in [0.1, 0.15) is 5.75 Å². The Morgan fingerprint density at radius 1 is 1.26 bits per heavy atom. The number of aromatic carboxylic acids is 1. The highest BCUT2D eigenvalue weighted by Gasteiger charge is 2.08. The zero-order valence-electron chi connectivity index (χ0n) is 9.63. The van der Waals surface area contributed by atoms with Crippen molar-refractivity contribution in [1.82, 2.24) is 0 Å². The van der Waals surface area contributed by atoms with Crippen molar-refractivity contribution in [2.24, 2.45) is 0 Å². The number of nitrogens with zero attached hydrogens (tertiary/aromatic N) is 1. The molecule has 0 heterocycles. The summed E-state index contributed by atoms with van der Waals surface area (Å²) in [5, 5.41) is 8.84. The Balaban J connectivity index is 2.29. The van der Waals surface area contributed by atoms with Crippen LogP contribution in [0, 0.1) is 12.4 Å². The Morgan fingerprint density at radius 2 is 2.05 bits per heavy atom. The van der Waals surface area contributed by atoms with Crippen LogP contribution in [0.25, 0.3) is 4.85 Å². The van der Waals surface area contributed by atoms with E-state index in [4.69, 9.17) is 16.4 Å². The van der Waals surface area contributed by atoms with Crippen LogP contribution in [0.2, 0.25) is 0 Å². The fraction of sp³-hybridized carbons (Fsp3) is 0. The van der Waals surface area contributed by atoms with Crippen LogP contribution in [0.3, 0.4) is 0 Å². The van der Waals surface area contributed by atoms with Crippen molar-refractivity contribution in [3.63, 3.8) is 0 Å². The molecule has 0 aliphatic carbocycles. The molecule has 2 aromatic carbocycles. The van der Waals surface area contributed by atoms with Crippen LogP contribution in [0.4, 0.5) is 10.1 Å². The van der Waals surface area contributed by atoms with Gasteiger partial charge in [-0.25, -0.2) is 14.0 Å². The number of benzene rings is 2. The molecule has 94 valence electrons. The summed E-state index contributed by atoms with van der Waals surface area (Å²) in [4.78, 5) is 13.9. The maximum absolute atomic E-state index is 13.6. The van der Waals surface area contributed by atoms with Gasteiger partial charge in [-0.05, 0) is 30.3 Å². The highest BCUT2D eigenvalue weighted by Crippen LogP contribution is 2.28. The van der Waals surface area contributed by atoms with Crippen LogP contribution in [-0.2, 0) is 0 Å². The van der Waals surface area contributed by atoms with E-state index in [1.54, 1.807) is 0 Å². The summed E-state index contributed by atoms with van der Waals surface area (Å²) in [7, 11) is 0. The minimum Gasteiger partial charge on any atom is -0.478 e. The third-order valence-electron chi connectivity index (χ3n) is 2.35. The van der Waals surface area contributed by atoms with Crippen LogP contribution in [0.1, 0.15) is 10.4 Å². The smallest absolute Gasteiger partial charge is 0.335 e. The molecular formula is C14H8FNO3. The molecule has 2 rings (SSSR count). The van der Waals surface area contributed by atoms with Crippen molar-refractivity contribution in [2.45, 2.75) is 0 Å². The average Bonchev–Trinajstić information content (AvgIpc) is 2.41. The van der Waals surface area contributed by atoms with E-state index in [1.165, 1.54) is 36.4 Å². The van der Waals surface area contributed by atoms with Gasteiger partial charge in [0.05, 0.1) is 12.1 Å². The van der Waals surface area contributed by atoms with Gasteiger partial charge in [-0.15, -0.1) is 0 Å². The lowest BCUT2D eigenvalue weighted by molar-refractivity contribution is 0.0696. The molecule has 0 saturated heterocycles. The number of hydrogen-bond donors (Lipinski definition) is 1. The number of carboxylic acids is 1. The van der Waals surface area contributed by atoms with E-state index < -0.39 is 11.8 Å². The summed E-state index contributed by atoms with van der Waals surface area (Å²) < 4.78 is 18.9. The number of halogens is 1. The van der Waals surface area contributed by atoms with Crippen molar-refractivity contribution >= 4 is 11.7 Å². The summed E-state index contributed by atoms with van der Waals surface area (Å²) >= 11 is 0. The first-order valence-electron chi connectivity index (χ1n) is 5.28. The van der Waals surface area contributed by atoms with Gasteiger partial charge in [-0.1, -0.05) is 12.1 Å². The maximum Gasteiger partial charge on any atom is 0.335 e. The van der Waals surface area contributed by atoms with Gasteiger partial charge in [0.15, 0.2) is 17.3 Å². The van der Waals surface area contributed by atoms with Gasteiger partial charge in [0, 0.05) is 0 Å². The predicted octanol–water partition coefficient (Wildman–Crippen LogP) is 3.87. The fourth-order valence-corrected chi connectivity index (χ4v) is 1.46. The zero-order valence-corrected chi connectivity index (χ0v) is 9.63. The Morgan fingerprint density at radius 3 is 2.68 bits per heavy atom. The molecule has 1 N–H and O–H groups in total. The van der Waals surface area contributed by atoms with E-state index in [9.17, 15) is 9.18 Å². The molecule has 0 saturated carbocycles. The van der Waals surface area contributed by atoms with E-state index in [0.29, 0.717) is 0 Å². The van der Waals surface area contributed by atoms with Crippen molar-refractivity contribution in [2.75, 3.05) is 0 Å². The zero-order chi connectivity index (χ0) is 13.8. The lowest BCUT2D eigenvalue weighted by Gasteiger charge is -2.07. The number of hydrogen-bond acceptors (Lipinski definition) is 2. The molecular weight excluding hydrogens is 249 g/mol. The Kier molecular flexibility index (Phi) is 3.44. The third-order valence-corrected chi connectivity index (χ3v) is 2.35. The van der Waals surface area contributed by atoms with E-state index in [-0.39, 0.29) is 22.7 Å². The predicted molar refractivity (Wildman–Crippen MR) is 66.1 cm³/mol. The normalized spacial score (nSPS) is 9.68. The first-order valence-corrected chi connectivity index (χ1v) is 5.28. The number of ether oxygens (including phenoxy) is 1. The molecule has 4 nitrogen and oxygen atoms in total. The van der Waals surface area contributed by atoms with Crippen LogP contribution in [0.5, 0.6) is 11.5 Å². The van der Waals surface area contributed by atoms with E-state index in [1.807, 2.05) is 0 Å². The standard InChI is InChI=1S/C14H8FNO3/c1-16-10-5-6-13(12(15)8-10)19-11-4-2-3-9(7-11)14(17)18/h2-8H,(H,17,18). The van der Waals surface area contributed by atoms with Gasteiger partial charge in [-0.3, -0.25) is 0 Å². The van der Waals surface area contributed by atoms with E-state index >= 15 is 0 Å². The van der Waals surface area contributed by atoms with Crippen LogP contribution in [-0.4, -0.2) is 11.1 Å². The third kappa shape index (κ3) is 2.87. The van der Waals surface area contributed by atoms with Crippen molar-refractivity contribution in [3.8, 4) is 11.5 Å². The summed E-state index contributed by atoms with van der Waals surface area (Å²) in [6.07, 6.45) is 0. The summed E-state index contributed by atoms with van der Waals surface area (Å²) in [6, 6.07) is 9.54. The molecule has 0 bridgehead atoms. The molecule has 0 unspecified atom stereocenters. The van der Waals surface area contributed by atoms with Crippen molar-refractivity contribution in [3.05, 3.63) is 65.3 Å². The molecule has 2 aromatic rings. The van der Waals surface area contributed by atoms with Crippen LogP contribution < -0.4 is 4.74 Å². The molecule has 0 aliphatic heterocycles. The molecule has 19 heavy (non-hydrogen) atoms. The SMILES string of the molecule is [C-]#[N+]c1ccc(Oc2cccc(C(=O)O)c2)c(F)c1. The van der Waals surface area contributed by atoms with Gasteiger partial charge < -0.3 is 9.84 Å². The molecule has 0 amide bonds. The Hall–Kier alpha value is -2.87. The highest BCUT2D eigenvalue weighted by molar-refractivity contribution is 5.88. The molecule has 0 fully saturated rings. The summed E-state index contributed by atoms with van der Waals surface area (Å²) in [5.41, 5.74) is 0.222. The van der Waals surface area contributed by atoms with E-state index in [2.05, 4.69) is 4.85 Å². The molecule has 0 aromatic heterocycles. The molecule has 5 heteroatoms. The first kappa shape index (κ1) is 12.6. The van der Waals surface area contributed by atoms with E-state index in [0.717, 1.165) is 6.07 Å². The molecule has 0 radical (unpaired) electrons. The van der Waals surface area contributed by atoms with Crippen molar-refractivity contribution < 1.29 is 19.0 Å². The van der Waals surface area contributed by atoms with Gasteiger partial charge in [-0.2, -0.15) is 0 Å². The average molecular weight is 257 g/mol. The Bertz CT molecular complexity index is 677. The number of rotatable bonds is 3. The molecule has 0 aliphatic rings. The second-order valence-corrected chi connectivity index (χ2v) is 3.66. The topological polar surface area (TPSA) is 50.9 Å². The summed E-state index contributed by atoms with van der Waals surface area (Å²) in [5.74, 6) is -1.60. The summed E-state index contributed by atoms with van der Waals surface area (Å²) in [6.45, 7) is 6.76. The Labute approximate surface area is 108 Å². The molecule has 0 atom stereocenters. The lowest BCUT2D eigenvalue weighted by atomic mass is 10.2. The second kappa shape index (κ2) is 5.19. The first-order chi connectivity index (χ1) is 9.10. The number of carboxylic acid groups (broad SMARTS) is 1. The van der Waals surface area contributed by atoms with Gasteiger partial charge >= 0.3 is 5.97 Å². The fourth-order valence-electron chi connectivity index (χ4n) is 1.46. The lowest BCUT2D eigenvalue weighted by Crippen LogP contribution is -1.96. The quantitative estimate of drug-likeness (QED) is 0.849. The monoisotopic (exact) mass is 257 g/mol. The van der Waals surface area contributed by atoms with Gasteiger partial charge in [0.2, 0.25) is 0 Å². The number of carbonyl (C=O) groups is 1. The largest absolute Gasteiger partial charge is 0.478 e. The highest BCUT2D eigenvalue weighted by atomic mass is 19.1. The minimum absolute atomic E-state index is 0.0516.